The summed E-state index contributed by atoms with van der Waals surface area (Å²) in [6.07, 6.45) is -1.30. The summed E-state index contributed by atoms with van der Waals surface area (Å²) < 4.78 is 45.5. The molecule has 8 heteroatoms. The van der Waals surface area contributed by atoms with Crippen LogP contribution in [0.15, 0.2) is 60.7 Å². The predicted molar refractivity (Wildman–Crippen MR) is 107 cm³/mol. The minimum atomic E-state index is -3.26. The van der Waals surface area contributed by atoms with Crippen molar-refractivity contribution in [2.24, 2.45) is 11.8 Å². The van der Waals surface area contributed by atoms with Gasteiger partial charge in [0, 0.05) is 12.4 Å². The van der Waals surface area contributed by atoms with Gasteiger partial charge in [0.2, 0.25) is 0 Å². The second kappa shape index (κ2) is 8.42. The van der Waals surface area contributed by atoms with Crippen molar-refractivity contribution in [3.05, 3.63) is 71.8 Å². The van der Waals surface area contributed by atoms with Crippen LogP contribution in [0.5, 0.6) is 0 Å². The van der Waals surface area contributed by atoms with Crippen LogP contribution in [-0.2, 0) is 37.0 Å². The molecule has 0 amide bonds. The summed E-state index contributed by atoms with van der Waals surface area (Å²) in [7, 11) is 5.79. The molecule has 0 N–H and O–H groups in total. The lowest BCUT2D eigenvalue weighted by atomic mass is 9.79. The Bertz CT molecular complexity index is 939. The number of hydrogen-bond donors (Lipinski definition) is 0. The van der Waals surface area contributed by atoms with Crippen LogP contribution in [-0.4, -0.2) is 37.3 Å². The molecule has 1 saturated heterocycles. The largest absolute Gasteiger partial charge is 0.461 e. The third kappa shape index (κ3) is 4.35. The Balaban J connectivity index is 1.48. The number of carbonyl (C=O) groups is 2. The van der Waals surface area contributed by atoms with Gasteiger partial charge in [0.05, 0.1) is 23.9 Å². The van der Waals surface area contributed by atoms with Crippen LogP contribution in [0.25, 0.3) is 0 Å². The summed E-state index contributed by atoms with van der Waals surface area (Å²) in [4.78, 5) is 25.3. The summed E-state index contributed by atoms with van der Waals surface area (Å²) in [5.41, 5.74) is -0.282. The molecule has 1 aliphatic heterocycles. The Morgan fingerprint density at radius 1 is 0.968 bits per heavy atom. The van der Waals surface area contributed by atoms with Crippen LogP contribution < -0.4 is 0 Å². The Morgan fingerprint density at radius 2 is 1.52 bits per heavy atom. The highest BCUT2D eigenvalue weighted by Gasteiger charge is 2.73. The fourth-order valence-electron chi connectivity index (χ4n) is 4.51. The first-order valence-corrected chi connectivity index (χ1v) is 10.0. The Labute approximate surface area is 180 Å². The lowest BCUT2D eigenvalue weighted by Gasteiger charge is -2.33. The molecule has 2 aromatic rings. The van der Waals surface area contributed by atoms with Crippen molar-refractivity contribution in [1.29, 1.82) is 0 Å². The fourth-order valence-corrected chi connectivity index (χ4v) is 4.51. The molecule has 5 nitrogen and oxygen atoms in total. The van der Waals surface area contributed by atoms with Gasteiger partial charge in [-0.05, 0) is 11.1 Å². The average molecular weight is 426 g/mol. The van der Waals surface area contributed by atoms with Gasteiger partial charge in [-0.1, -0.05) is 60.7 Å². The molecule has 4 rings (SSSR count). The molecule has 0 aromatic heterocycles. The van der Waals surface area contributed by atoms with Crippen LogP contribution in [0.2, 0.25) is 0 Å². The molecular formula is C23H21BF2O5. The molecule has 2 aromatic carbocycles. The zero-order chi connectivity index (χ0) is 22.1. The van der Waals surface area contributed by atoms with Crippen LogP contribution in [0.3, 0.4) is 0 Å². The number of fused-ring (bicyclic) bond motifs is 2. The zero-order valence-electron chi connectivity index (χ0n) is 16.7. The highest BCUT2D eigenvalue weighted by Crippen LogP contribution is 2.61. The molecule has 2 fully saturated rings. The number of alkyl halides is 2. The maximum atomic E-state index is 14.7. The maximum Gasteiger partial charge on any atom is 0.312 e. The third-order valence-electron chi connectivity index (χ3n) is 5.84. The standard InChI is InChI=1S/C23H21BF2O5/c24-20-18-19(21(28)30-13-16-9-5-2-6-10-16)22(31-20,14-23(18,25)26)11-17(27)29-12-15-7-3-1-4-8-15/h1-10,18-20H,11-14H2/t18?,19?,20-,22+/m1/s1. The molecule has 2 unspecified atom stereocenters. The smallest absolute Gasteiger partial charge is 0.312 e. The lowest BCUT2D eigenvalue weighted by Crippen LogP contribution is -2.43. The molecule has 1 saturated carbocycles. The minimum absolute atomic E-state index is 0.00918. The maximum absolute atomic E-state index is 14.7. The van der Waals surface area contributed by atoms with E-state index in [0.717, 1.165) is 11.1 Å². The molecule has 2 aliphatic rings. The van der Waals surface area contributed by atoms with Gasteiger partial charge in [0.15, 0.2) is 0 Å². The molecule has 0 spiro atoms. The number of rotatable bonds is 7. The number of benzene rings is 2. The third-order valence-corrected chi connectivity index (χ3v) is 5.84. The summed E-state index contributed by atoms with van der Waals surface area (Å²) in [5.74, 6) is -7.76. The van der Waals surface area contributed by atoms with Crippen molar-refractivity contribution in [2.75, 3.05) is 0 Å². The van der Waals surface area contributed by atoms with Gasteiger partial charge >= 0.3 is 11.9 Å². The van der Waals surface area contributed by atoms with E-state index >= 15 is 0 Å². The van der Waals surface area contributed by atoms with E-state index in [1.165, 1.54) is 0 Å². The molecule has 160 valence electrons. The molecule has 1 aliphatic carbocycles. The summed E-state index contributed by atoms with van der Waals surface area (Å²) >= 11 is 0. The normalized spacial score (nSPS) is 28.3. The number of hydrogen-bond acceptors (Lipinski definition) is 5. The molecule has 2 bridgehead atoms. The first-order valence-electron chi connectivity index (χ1n) is 10.0. The quantitative estimate of drug-likeness (QED) is 0.502. The van der Waals surface area contributed by atoms with Crippen LogP contribution in [0.1, 0.15) is 24.0 Å². The van der Waals surface area contributed by atoms with Gasteiger partial charge in [-0.3, -0.25) is 9.59 Å². The van der Waals surface area contributed by atoms with E-state index in [0.29, 0.717) is 0 Å². The van der Waals surface area contributed by atoms with Crippen molar-refractivity contribution in [1.82, 2.24) is 0 Å². The lowest BCUT2D eigenvalue weighted by molar-refractivity contribution is -0.169. The van der Waals surface area contributed by atoms with Gasteiger partial charge in [-0.2, -0.15) is 0 Å². The van der Waals surface area contributed by atoms with Gasteiger partial charge in [0.25, 0.3) is 5.92 Å². The van der Waals surface area contributed by atoms with E-state index < -0.39 is 54.1 Å². The van der Waals surface area contributed by atoms with Crippen molar-refractivity contribution >= 4 is 19.8 Å². The number of ether oxygens (including phenoxy) is 3. The van der Waals surface area contributed by atoms with Gasteiger partial charge in [-0.25, -0.2) is 8.78 Å². The Kier molecular flexibility index (Phi) is 5.84. The second-order valence-corrected chi connectivity index (χ2v) is 8.00. The summed E-state index contributed by atoms with van der Waals surface area (Å²) in [6.45, 7) is -0.0804. The van der Waals surface area contributed by atoms with Crippen LogP contribution in [0.4, 0.5) is 8.78 Å². The van der Waals surface area contributed by atoms with E-state index in [-0.39, 0.29) is 13.2 Å². The topological polar surface area (TPSA) is 61.8 Å². The number of carbonyl (C=O) groups excluding carboxylic acids is 2. The molecule has 31 heavy (non-hydrogen) atoms. The van der Waals surface area contributed by atoms with Crippen molar-refractivity contribution in [2.45, 2.75) is 43.6 Å². The van der Waals surface area contributed by atoms with Crippen LogP contribution in [0, 0.1) is 11.8 Å². The van der Waals surface area contributed by atoms with E-state index in [4.69, 9.17) is 22.1 Å². The summed E-state index contributed by atoms with van der Waals surface area (Å²) in [5, 5.41) is 0. The van der Waals surface area contributed by atoms with Crippen molar-refractivity contribution in [3.63, 3.8) is 0 Å². The Morgan fingerprint density at radius 3 is 2.06 bits per heavy atom. The van der Waals surface area contributed by atoms with E-state index in [2.05, 4.69) is 0 Å². The van der Waals surface area contributed by atoms with E-state index in [9.17, 15) is 18.4 Å². The molecule has 4 atom stereocenters. The highest BCUT2D eigenvalue weighted by atomic mass is 19.3. The van der Waals surface area contributed by atoms with E-state index in [1.54, 1.807) is 48.5 Å². The average Bonchev–Trinajstić information content (AvgIpc) is 3.15. The highest BCUT2D eigenvalue weighted by molar-refractivity contribution is 6.12. The van der Waals surface area contributed by atoms with Crippen molar-refractivity contribution < 1.29 is 32.6 Å². The zero-order valence-corrected chi connectivity index (χ0v) is 16.7. The minimum Gasteiger partial charge on any atom is -0.461 e. The van der Waals surface area contributed by atoms with Crippen LogP contribution >= 0.6 is 0 Å². The van der Waals surface area contributed by atoms with E-state index in [1.807, 2.05) is 12.1 Å². The first-order chi connectivity index (χ1) is 14.8. The molecular weight excluding hydrogens is 405 g/mol. The number of halogens is 2. The van der Waals surface area contributed by atoms with Crippen molar-refractivity contribution in [3.8, 4) is 0 Å². The molecule has 2 radical (unpaired) electrons. The van der Waals surface area contributed by atoms with Gasteiger partial charge in [0.1, 0.15) is 21.1 Å². The Hall–Kier alpha value is -2.74. The molecule has 1 heterocycles. The first kappa shape index (κ1) is 21.5. The second-order valence-electron chi connectivity index (χ2n) is 8.00. The van der Waals surface area contributed by atoms with Gasteiger partial charge in [-0.15, -0.1) is 0 Å². The predicted octanol–water partition coefficient (Wildman–Crippen LogP) is 3.40. The van der Waals surface area contributed by atoms with Gasteiger partial charge < -0.3 is 14.2 Å². The SMILES string of the molecule is [B][C@@H]1O[C@@]2(CC(=O)OCc3ccccc3)CC(F)(F)C1C2C(=O)OCc1ccccc1. The monoisotopic (exact) mass is 426 g/mol. The number of esters is 2. The summed E-state index contributed by atoms with van der Waals surface area (Å²) in [6, 6.07) is 16.5. The fraction of sp³-hybridized carbons (Fsp3) is 0.391.